The molecule has 2 heteroatoms. The van der Waals surface area contributed by atoms with Gasteiger partial charge in [0, 0.05) is 0 Å². The van der Waals surface area contributed by atoms with Crippen molar-refractivity contribution < 1.29 is 10.2 Å². The molecule has 2 N–H and O–H groups in total. The number of benzene rings is 1. The number of hydrogen-bond acceptors (Lipinski definition) is 2. The molecule has 82 valence electrons. The quantitative estimate of drug-likeness (QED) is 0.722. The summed E-state index contributed by atoms with van der Waals surface area (Å²) in [4.78, 5) is 0. The fraction of sp³-hybridized carbons (Fsp3) is 0.385. The lowest BCUT2D eigenvalue weighted by Crippen LogP contribution is -2.37. The fourth-order valence-corrected chi connectivity index (χ4v) is 1.38. The van der Waals surface area contributed by atoms with Gasteiger partial charge in [-0.3, -0.25) is 0 Å². The van der Waals surface area contributed by atoms with Gasteiger partial charge in [0.15, 0.2) is 0 Å². The van der Waals surface area contributed by atoms with Crippen molar-refractivity contribution in [3.8, 4) is 0 Å². The van der Waals surface area contributed by atoms with Gasteiger partial charge in [0.25, 0.3) is 0 Å². The van der Waals surface area contributed by atoms with Gasteiger partial charge >= 0.3 is 0 Å². The lowest BCUT2D eigenvalue weighted by atomic mass is 9.94. The average Bonchev–Trinajstić information content (AvgIpc) is 2.27. The maximum atomic E-state index is 9.72. The van der Waals surface area contributed by atoms with Crippen LogP contribution in [0.25, 0.3) is 0 Å². The molecule has 0 unspecified atom stereocenters. The van der Waals surface area contributed by atoms with Gasteiger partial charge in [-0.2, -0.15) is 0 Å². The third-order valence-corrected chi connectivity index (χ3v) is 2.64. The van der Waals surface area contributed by atoms with Gasteiger partial charge in [0.1, 0.15) is 5.60 Å². The molecule has 2 atom stereocenters. The Hall–Kier alpha value is -1.12. The van der Waals surface area contributed by atoms with Crippen molar-refractivity contribution in [1.29, 1.82) is 0 Å². The molecule has 0 fully saturated rings. The van der Waals surface area contributed by atoms with Crippen LogP contribution in [0, 0.1) is 0 Å². The zero-order chi connectivity index (χ0) is 11.3. The monoisotopic (exact) mass is 206 g/mol. The second-order valence-corrected chi connectivity index (χ2v) is 3.97. The maximum Gasteiger partial charge on any atom is 0.105 e. The lowest BCUT2D eigenvalue weighted by Gasteiger charge is -2.25. The predicted molar refractivity (Wildman–Crippen MR) is 61.6 cm³/mol. The molecule has 1 aromatic rings. The van der Waals surface area contributed by atoms with Crippen molar-refractivity contribution in [1.82, 2.24) is 0 Å². The van der Waals surface area contributed by atoms with Crippen LogP contribution in [-0.2, 0) is 6.42 Å². The molecule has 2 nitrogen and oxygen atoms in total. The van der Waals surface area contributed by atoms with Crippen LogP contribution in [0.4, 0.5) is 0 Å². The first-order chi connectivity index (χ1) is 7.06. The molecule has 0 saturated heterocycles. The topological polar surface area (TPSA) is 40.5 Å². The smallest absolute Gasteiger partial charge is 0.105 e. The summed E-state index contributed by atoms with van der Waals surface area (Å²) in [5, 5.41) is 19.4. The van der Waals surface area contributed by atoms with E-state index in [1.807, 2.05) is 30.3 Å². The largest absolute Gasteiger partial charge is 0.390 e. The minimum absolute atomic E-state index is 0.531. The molecule has 15 heavy (non-hydrogen) atoms. The van der Waals surface area contributed by atoms with E-state index >= 15 is 0 Å². The molecule has 0 amide bonds. The number of aliphatic hydroxyl groups is 2. The fourth-order valence-electron chi connectivity index (χ4n) is 1.38. The van der Waals surface area contributed by atoms with Gasteiger partial charge in [-0.25, -0.2) is 0 Å². The first kappa shape index (κ1) is 12.0. The molecular formula is C13H18O2. The Morgan fingerprint density at radius 1 is 1.40 bits per heavy atom. The zero-order valence-corrected chi connectivity index (χ0v) is 9.06. The van der Waals surface area contributed by atoms with E-state index in [4.69, 9.17) is 0 Å². The summed E-state index contributed by atoms with van der Waals surface area (Å²) < 4.78 is 0. The number of aliphatic hydroxyl groups excluding tert-OH is 1. The molecule has 0 radical (unpaired) electrons. The highest BCUT2D eigenvalue weighted by molar-refractivity contribution is 5.15. The SMILES string of the molecule is C=C[C@@](C)(O)[C@H](O)CCc1ccccc1. The molecule has 0 spiro atoms. The second-order valence-electron chi connectivity index (χ2n) is 3.97. The van der Waals surface area contributed by atoms with E-state index in [0.717, 1.165) is 12.0 Å². The van der Waals surface area contributed by atoms with Crippen LogP contribution < -0.4 is 0 Å². The van der Waals surface area contributed by atoms with Crippen LogP contribution in [0.3, 0.4) is 0 Å². The molecule has 0 saturated carbocycles. The van der Waals surface area contributed by atoms with Gasteiger partial charge in [-0.1, -0.05) is 36.4 Å². The van der Waals surface area contributed by atoms with E-state index in [1.54, 1.807) is 6.92 Å². The minimum Gasteiger partial charge on any atom is -0.390 e. The Kier molecular flexibility index (Phi) is 4.06. The molecule has 0 aliphatic heterocycles. The lowest BCUT2D eigenvalue weighted by molar-refractivity contribution is -0.0294. The average molecular weight is 206 g/mol. The normalized spacial score (nSPS) is 16.7. The Morgan fingerprint density at radius 3 is 2.53 bits per heavy atom. The summed E-state index contributed by atoms with van der Waals surface area (Å²) >= 11 is 0. The zero-order valence-electron chi connectivity index (χ0n) is 9.06. The molecule has 1 rings (SSSR count). The van der Waals surface area contributed by atoms with E-state index in [-0.39, 0.29) is 0 Å². The van der Waals surface area contributed by atoms with Crippen LogP contribution >= 0.6 is 0 Å². The number of aryl methyl sites for hydroxylation is 1. The van der Waals surface area contributed by atoms with Crippen LogP contribution in [0.15, 0.2) is 43.0 Å². The summed E-state index contributed by atoms with van der Waals surface area (Å²) in [6.07, 6.45) is 1.90. The molecule has 0 aromatic heterocycles. The summed E-state index contributed by atoms with van der Waals surface area (Å²) in [5.41, 5.74) is -0.0363. The molecule has 0 bridgehead atoms. The Morgan fingerprint density at radius 2 is 2.00 bits per heavy atom. The number of rotatable bonds is 5. The van der Waals surface area contributed by atoms with E-state index in [9.17, 15) is 10.2 Å². The van der Waals surface area contributed by atoms with E-state index in [0.29, 0.717) is 6.42 Å². The van der Waals surface area contributed by atoms with E-state index < -0.39 is 11.7 Å². The predicted octanol–water partition coefficient (Wildman–Crippen LogP) is 1.92. The van der Waals surface area contributed by atoms with Gasteiger partial charge in [0.2, 0.25) is 0 Å². The van der Waals surface area contributed by atoms with Gasteiger partial charge in [-0.05, 0) is 25.3 Å². The van der Waals surface area contributed by atoms with Gasteiger partial charge < -0.3 is 10.2 Å². The van der Waals surface area contributed by atoms with E-state index in [2.05, 4.69) is 6.58 Å². The standard InChI is InChI=1S/C13H18O2/c1-3-13(2,15)12(14)10-9-11-7-5-4-6-8-11/h3-8,12,14-15H,1,9-10H2,2H3/t12-,13-/m1/s1. The highest BCUT2D eigenvalue weighted by Gasteiger charge is 2.25. The third kappa shape index (κ3) is 3.50. The van der Waals surface area contributed by atoms with Crippen molar-refractivity contribution in [2.75, 3.05) is 0 Å². The van der Waals surface area contributed by atoms with Crippen molar-refractivity contribution in [2.24, 2.45) is 0 Å². The van der Waals surface area contributed by atoms with Crippen LogP contribution in [0.5, 0.6) is 0 Å². The van der Waals surface area contributed by atoms with Crippen LogP contribution in [-0.4, -0.2) is 21.9 Å². The summed E-state index contributed by atoms with van der Waals surface area (Å²) in [6, 6.07) is 9.91. The van der Waals surface area contributed by atoms with Crippen molar-refractivity contribution >= 4 is 0 Å². The highest BCUT2D eigenvalue weighted by Crippen LogP contribution is 2.16. The van der Waals surface area contributed by atoms with Crippen LogP contribution in [0.2, 0.25) is 0 Å². The Balaban J connectivity index is 2.48. The number of hydrogen-bond donors (Lipinski definition) is 2. The molecule has 1 aromatic carbocycles. The molecule has 0 aliphatic rings. The van der Waals surface area contributed by atoms with Gasteiger partial charge in [-0.15, -0.1) is 6.58 Å². The van der Waals surface area contributed by atoms with E-state index in [1.165, 1.54) is 6.08 Å². The van der Waals surface area contributed by atoms with Crippen molar-refractivity contribution in [2.45, 2.75) is 31.5 Å². The highest BCUT2D eigenvalue weighted by atomic mass is 16.3. The third-order valence-electron chi connectivity index (χ3n) is 2.64. The molecule has 0 aliphatic carbocycles. The molecular weight excluding hydrogens is 188 g/mol. The summed E-state index contributed by atoms with van der Waals surface area (Å²) in [6.45, 7) is 5.06. The van der Waals surface area contributed by atoms with Crippen molar-refractivity contribution in [3.63, 3.8) is 0 Å². The summed E-state index contributed by atoms with van der Waals surface area (Å²) in [7, 11) is 0. The maximum absolute atomic E-state index is 9.72. The molecule has 0 heterocycles. The van der Waals surface area contributed by atoms with Gasteiger partial charge in [0.05, 0.1) is 6.10 Å². The second kappa shape index (κ2) is 5.10. The minimum atomic E-state index is -1.20. The Bertz CT molecular complexity index is 304. The Labute approximate surface area is 90.9 Å². The first-order valence-corrected chi connectivity index (χ1v) is 5.14. The summed E-state index contributed by atoms with van der Waals surface area (Å²) in [5.74, 6) is 0. The van der Waals surface area contributed by atoms with Crippen molar-refractivity contribution in [3.05, 3.63) is 48.6 Å². The first-order valence-electron chi connectivity index (χ1n) is 5.14. The van der Waals surface area contributed by atoms with Crippen LogP contribution in [0.1, 0.15) is 18.9 Å².